The van der Waals surface area contributed by atoms with E-state index in [1.165, 1.54) is 11.9 Å². The lowest BCUT2D eigenvalue weighted by molar-refractivity contribution is -0.118. The van der Waals surface area contributed by atoms with Crippen molar-refractivity contribution in [3.8, 4) is 0 Å². The van der Waals surface area contributed by atoms with Crippen molar-refractivity contribution < 1.29 is 4.79 Å². The number of halogens is 2. The molecule has 7 heteroatoms. The van der Waals surface area contributed by atoms with Gasteiger partial charge in [-0.1, -0.05) is 47.5 Å². The highest BCUT2D eigenvalue weighted by Gasteiger charge is 2.25. The second kappa shape index (κ2) is 5.97. The number of carbonyl (C=O) groups excluding carboxylic acids is 1. The first kappa shape index (κ1) is 14.3. The molecule has 0 saturated carbocycles. The zero-order valence-corrected chi connectivity index (χ0v) is 12.4. The molecule has 1 aromatic heterocycles. The van der Waals surface area contributed by atoms with Gasteiger partial charge in [-0.3, -0.25) is 4.79 Å². The summed E-state index contributed by atoms with van der Waals surface area (Å²) >= 11 is 11.8. The SMILES string of the molecule is O=C(Nc1c(Cl)ncnc1Cl)C1Cc2ccccc2CN1. The van der Waals surface area contributed by atoms with Crippen LogP contribution in [0.15, 0.2) is 30.6 Å². The van der Waals surface area contributed by atoms with Crippen molar-refractivity contribution in [1.82, 2.24) is 15.3 Å². The molecule has 2 heterocycles. The normalized spacial score (nSPS) is 17.1. The van der Waals surface area contributed by atoms with Gasteiger partial charge in [0.2, 0.25) is 5.91 Å². The van der Waals surface area contributed by atoms with Gasteiger partial charge < -0.3 is 10.6 Å². The van der Waals surface area contributed by atoms with Crippen molar-refractivity contribution >= 4 is 34.8 Å². The molecule has 108 valence electrons. The fourth-order valence-corrected chi connectivity index (χ4v) is 2.71. The second-order valence-corrected chi connectivity index (χ2v) is 5.44. The number of hydrogen-bond donors (Lipinski definition) is 2. The molecule has 0 aliphatic carbocycles. The van der Waals surface area contributed by atoms with Crippen molar-refractivity contribution in [1.29, 1.82) is 0 Å². The summed E-state index contributed by atoms with van der Waals surface area (Å²) in [5.74, 6) is -0.205. The highest BCUT2D eigenvalue weighted by Crippen LogP contribution is 2.26. The number of benzene rings is 1. The zero-order valence-electron chi connectivity index (χ0n) is 10.9. The molecule has 1 aliphatic heterocycles. The van der Waals surface area contributed by atoms with Crippen LogP contribution >= 0.6 is 23.2 Å². The third-order valence-corrected chi connectivity index (χ3v) is 3.97. The van der Waals surface area contributed by atoms with Crippen molar-refractivity contribution in [3.05, 3.63) is 52.0 Å². The molecular weight excluding hydrogens is 311 g/mol. The number of amides is 1. The summed E-state index contributed by atoms with van der Waals surface area (Å²) in [4.78, 5) is 20.0. The number of fused-ring (bicyclic) bond motifs is 1. The molecule has 0 saturated heterocycles. The first-order valence-corrected chi connectivity index (χ1v) is 7.18. The molecule has 1 amide bonds. The maximum atomic E-state index is 12.3. The Labute approximate surface area is 131 Å². The van der Waals surface area contributed by atoms with Crippen molar-refractivity contribution in [2.75, 3.05) is 5.32 Å². The van der Waals surface area contributed by atoms with Gasteiger partial charge >= 0.3 is 0 Å². The third kappa shape index (κ3) is 3.00. The Balaban J connectivity index is 1.76. The summed E-state index contributed by atoms with van der Waals surface area (Å²) in [7, 11) is 0. The van der Waals surface area contributed by atoms with Crippen LogP contribution in [0.4, 0.5) is 5.69 Å². The quantitative estimate of drug-likeness (QED) is 0.833. The Kier molecular flexibility index (Phi) is 4.05. The van der Waals surface area contributed by atoms with Gasteiger partial charge in [-0.05, 0) is 17.5 Å². The van der Waals surface area contributed by atoms with Gasteiger partial charge in [0, 0.05) is 6.54 Å². The van der Waals surface area contributed by atoms with Gasteiger partial charge in [0.25, 0.3) is 0 Å². The third-order valence-electron chi connectivity index (χ3n) is 3.40. The van der Waals surface area contributed by atoms with E-state index in [9.17, 15) is 4.79 Å². The van der Waals surface area contributed by atoms with Gasteiger partial charge in [-0.2, -0.15) is 0 Å². The van der Waals surface area contributed by atoms with E-state index in [1.807, 2.05) is 18.2 Å². The molecular formula is C14H12Cl2N4O. The molecule has 0 bridgehead atoms. The van der Waals surface area contributed by atoms with Crippen LogP contribution in [0.2, 0.25) is 10.3 Å². The molecule has 2 N–H and O–H groups in total. The summed E-state index contributed by atoms with van der Waals surface area (Å²) in [6.45, 7) is 0.654. The van der Waals surface area contributed by atoms with Gasteiger partial charge in [-0.25, -0.2) is 9.97 Å². The Hall–Kier alpha value is -1.69. The number of rotatable bonds is 2. The minimum absolute atomic E-state index is 0.125. The number of nitrogens with one attached hydrogen (secondary N) is 2. The average molecular weight is 323 g/mol. The van der Waals surface area contributed by atoms with Crippen molar-refractivity contribution in [2.24, 2.45) is 0 Å². The summed E-state index contributed by atoms with van der Waals surface area (Å²) < 4.78 is 0. The molecule has 2 aromatic rings. The monoisotopic (exact) mass is 322 g/mol. The van der Waals surface area contributed by atoms with E-state index in [0.29, 0.717) is 13.0 Å². The second-order valence-electron chi connectivity index (χ2n) is 4.73. The lowest BCUT2D eigenvalue weighted by Gasteiger charge is -2.25. The topological polar surface area (TPSA) is 66.9 Å². The van der Waals surface area contributed by atoms with E-state index in [2.05, 4.69) is 26.7 Å². The maximum Gasteiger partial charge on any atom is 0.242 e. The minimum Gasteiger partial charge on any atom is -0.320 e. The summed E-state index contributed by atoms with van der Waals surface area (Å²) in [6.07, 6.45) is 1.86. The lowest BCUT2D eigenvalue weighted by atomic mass is 9.95. The first-order chi connectivity index (χ1) is 10.1. The molecule has 0 radical (unpaired) electrons. The molecule has 1 aliphatic rings. The highest BCUT2D eigenvalue weighted by atomic mass is 35.5. The van der Waals surface area contributed by atoms with Gasteiger partial charge in [0.1, 0.15) is 12.0 Å². The molecule has 3 rings (SSSR count). The van der Waals surface area contributed by atoms with Crippen LogP contribution in [0, 0.1) is 0 Å². The van der Waals surface area contributed by atoms with E-state index in [0.717, 1.165) is 5.56 Å². The van der Waals surface area contributed by atoms with Gasteiger partial charge in [0.05, 0.1) is 6.04 Å². The van der Waals surface area contributed by atoms with E-state index < -0.39 is 0 Å². The van der Waals surface area contributed by atoms with E-state index in [4.69, 9.17) is 23.2 Å². The standard InChI is InChI=1S/C14H12Cl2N4O/c15-12-11(13(16)19-7-18-12)20-14(21)10-5-8-3-1-2-4-9(8)6-17-10/h1-4,7,10,17H,5-6H2,(H,20,21). The van der Waals surface area contributed by atoms with Crippen molar-refractivity contribution in [3.63, 3.8) is 0 Å². The fraction of sp³-hybridized carbons (Fsp3) is 0.214. The molecule has 1 unspecified atom stereocenters. The molecule has 1 atom stereocenters. The number of nitrogens with zero attached hydrogens (tertiary/aromatic N) is 2. The van der Waals surface area contributed by atoms with E-state index >= 15 is 0 Å². The molecule has 0 spiro atoms. The smallest absolute Gasteiger partial charge is 0.242 e. The molecule has 5 nitrogen and oxygen atoms in total. The number of carbonyl (C=O) groups is 1. The van der Waals surface area contributed by atoms with Gasteiger partial charge in [-0.15, -0.1) is 0 Å². The van der Waals surface area contributed by atoms with Crippen LogP contribution in [0.5, 0.6) is 0 Å². The van der Waals surface area contributed by atoms with Gasteiger partial charge in [0.15, 0.2) is 10.3 Å². The van der Waals surface area contributed by atoms with Crippen LogP contribution in [0.3, 0.4) is 0 Å². The first-order valence-electron chi connectivity index (χ1n) is 6.42. The fourth-order valence-electron chi connectivity index (χ4n) is 2.30. The summed E-state index contributed by atoms with van der Waals surface area (Å²) in [5, 5.41) is 6.13. The highest BCUT2D eigenvalue weighted by molar-refractivity contribution is 6.38. The Bertz CT molecular complexity index is 672. The summed E-state index contributed by atoms with van der Waals surface area (Å²) in [5.41, 5.74) is 2.62. The Morgan fingerprint density at radius 1 is 1.19 bits per heavy atom. The average Bonchev–Trinajstić information content (AvgIpc) is 2.50. The molecule has 0 fully saturated rings. The minimum atomic E-state index is -0.341. The zero-order chi connectivity index (χ0) is 14.8. The van der Waals surface area contributed by atoms with Crippen LogP contribution < -0.4 is 10.6 Å². The molecule has 1 aromatic carbocycles. The largest absolute Gasteiger partial charge is 0.320 e. The molecule has 21 heavy (non-hydrogen) atoms. The Morgan fingerprint density at radius 3 is 2.57 bits per heavy atom. The van der Waals surface area contributed by atoms with Crippen molar-refractivity contribution in [2.45, 2.75) is 19.0 Å². The predicted molar refractivity (Wildman–Crippen MR) is 81.5 cm³/mol. The number of anilines is 1. The van der Waals surface area contributed by atoms with E-state index in [-0.39, 0.29) is 27.9 Å². The maximum absolute atomic E-state index is 12.3. The predicted octanol–water partition coefficient (Wildman–Crippen LogP) is 2.44. The summed E-state index contributed by atoms with van der Waals surface area (Å²) in [6, 6.07) is 7.70. The van der Waals surface area contributed by atoms with E-state index in [1.54, 1.807) is 0 Å². The van der Waals surface area contributed by atoms with Crippen LogP contribution in [-0.4, -0.2) is 21.9 Å². The van der Waals surface area contributed by atoms with Crippen LogP contribution in [0.1, 0.15) is 11.1 Å². The number of aromatic nitrogens is 2. The number of hydrogen-bond acceptors (Lipinski definition) is 4. The van der Waals surface area contributed by atoms with Crippen LogP contribution in [-0.2, 0) is 17.8 Å². The van der Waals surface area contributed by atoms with Crippen LogP contribution in [0.25, 0.3) is 0 Å². The lowest BCUT2D eigenvalue weighted by Crippen LogP contribution is -2.44. The Morgan fingerprint density at radius 2 is 1.86 bits per heavy atom.